The van der Waals surface area contributed by atoms with Gasteiger partial charge in [0.25, 0.3) is 5.91 Å². The molecule has 7 nitrogen and oxygen atoms in total. The number of hydrogen-bond donors (Lipinski definition) is 0. The maximum atomic E-state index is 13.0. The van der Waals surface area contributed by atoms with E-state index in [0.717, 1.165) is 0 Å². The van der Waals surface area contributed by atoms with Gasteiger partial charge in [-0.05, 0) is 40.2 Å². The third-order valence-corrected chi connectivity index (χ3v) is 4.09. The first-order valence-electron chi connectivity index (χ1n) is 7.56. The van der Waals surface area contributed by atoms with Gasteiger partial charge in [-0.25, -0.2) is 9.07 Å². The Hall–Kier alpha value is -2.55. The Labute approximate surface area is 151 Å². The summed E-state index contributed by atoms with van der Waals surface area (Å²) in [5.74, 6) is 0.320. The van der Waals surface area contributed by atoms with Crippen LogP contribution in [0.4, 0.5) is 4.39 Å². The summed E-state index contributed by atoms with van der Waals surface area (Å²) < 4.78 is 20.2. The predicted octanol–water partition coefficient (Wildman–Crippen LogP) is 2.99. The lowest BCUT2D eigenvalue weighted by atomic mass is 10.3. The molecule has 2 aromatic heterocycles. The van der Waals surface area contributed by atoms with Crippen molar-refractivity contribution < 1.29 is 13.7 Å². The molecule has 0 atom stereocenters. The number of aryl methyl sites for hydroxylation is 1. The lowest BCUT2D eigenvalue weighted by Gasteiger charge is -2.13. The Morgan fingerprint density at radius 3 is 2.72 bits per heavy atom. The van der Waals surface area contributed by atoms with E-state index >= 15 is 0 Å². The Morgan fingerprint density at radius 1 is 1.36 bits per heavy atom. The van der Waals surface area contributed by atoms with Crippen LogP contribution in [0.2, 0.25) is 0 Å². The fourth-order valence-corrected chi connectivity index (χ4v) is 2.62. The van der Waals surface area contributed by atoms with E-state index in [9.17, 15) is 9.18 Å². The van der Waals surface area contributed by atoms with Crippen molar-refractivity contribution in [2.45, 2.75) is 19.9 Å². The second kappa shape index (κ2) is 7.14. The number of carbonyl (C=O) groups excluding carboxylic acids is 1. The van der Waals surface area contributed by atoms with Crippen molar-refractivity contribution in [2.75, 3.05) is 7.05 Å². The van der Waals surface area contributed by atoms with Gasteiger partial charge in [0.15, 0.2) is 11.5 Å². The van der Waals surface area contributed by atoms with Gasteiger partial charge in [-0.15, -0.1) is 0 Å². The van der Waals surface area contributed by atoms with E-state index in [2.05, 4.69) is 31.2 Å². The molecule has 3 rings (SSSR count). The molecular weight excluding hydrogens is 393 g/mol. The molecule has 0 saturated heterocycles. The minimum atomic E-state index is -0.336. The fourth-order valence-electron chi connectivity index (χ4n) is 2.18. The summed E-state index contributed by atoms with van der Waals surface area (Å²) >= 11 is 3.34. The van der Waals surface area contributed by atoms with Crippen LogP contribution in [-0.4, -0.2) is 37.8 Å². The molecule has 1 amide bonds. The van der Waals surface area contributed by atoms with Crippen molar-refractivity contribution >= 4 is 21.8 Å². The van der Waals surface area contributed by atoms with E-state index in [0.29, 0.717) is 28.3 Å². The second-order valence-corrected chi connectivity index (χ2v) is 6.22. The molecule has 0 aliphatic carbocycles. The van der Waals surface area contributed by atoms with Gasteiger partial charge in [0, 0.05) is 19.7 Å². The number of nitrogens with zero attached hydrogens (tertiary/aromatic N) is 5. The Balaban J connectivity index is 1.78. The quantitative estimate of drug-likeness (QED) is 0.649. The van der Waals surface area contributed by atoms with Gasteiger partial charge in [0.2, 0.25) is 5.89 Å². The molecule has 25 heavy (non-hydrogen) atoms. The topological polar surface area (TPSA) is 77.0 Å². The lowest BCUT2D eigenvalue weighted by molar-refractivity contribution is 0.0762. The van der Waals surface area contributed by atoms with Crippen molar-refractivity contribution in [1.29, 1.82) is 0 Å². The summed E-state index contributed by atoms with van der Waals surface area (Å²) in [5.41, 5.74) is 0.885. The van der Waals surface area contributed by atoms with Crippen molar-refractivity contribution in [3.05, 3.63) is 58.2 Å². The van der Waals surface area contributed by atoms with Gasteiger partial charge < -0.3 is 9.42 Å². The average Bonchev–Trinajstić information content (AvgIpc) is 3.21. The number of amides is 1. The first-order valence-corrected chi connectivity index (χ1v) is 8.35. The van der Waals surface area contributed by atoms with Crippen molar-refractivity contribution in [1.82, 2.24) is 24.8 Å². The van der Waals surface area contributed by atoms with Gasteiger partial charge >= 0.3 is 0 Å². The van der Waals surface area contributed by atoms with Crippen LogP contribution >= 0.6 is 15.9 Å². The summed E-state index contributed by atoms with van der Waals surface area (Å²) in [6.45, 7) is 2.10. The van der Waals surface area contributed by atoms with E-state index in [-0.39, 0.29) is 24.0 Å². The number of halogens is 2. The highest BCUT2D eigenvalue weighted by Gasteiger charge is 2.21. The molecule has 0 N–H and O–H groups in total. The lowest BCUT2D eigenvalue weighted by Crippen LogP contribution is -2.27. The maximum absolute atomic E-state index is 13.0. The van der Waals surface area contributed by atoms with E-state index in [1.54, 1.807) is 25.4 Å². The third-order valence-electron chi connectivity index (χ3n) is 3.51. The van der Waals surface area contributed by atoms with Crippen LogP contribution in [0.5, 0.6) is 0 Å². The normalized spacial score (nSPS) is 10.9. The molecule has 2 heterocycles. The summed E-state index contributed by atoms with van der Waals surface area (Å²) in [6.07, 6.45) is 2.31. The smallest absolute Gasteiger partial charge is 0.275 e. The standard InChI is InChI=1S/C16H15BrFN5O2/c1-3-13-19-14(25-21-13)9-22(2)16(24)15-12(17)8-23(20-15)11-6-4-10(18)5-7-11/h4-8H,3,9H2,1-2H3. The SMILES string of the molecule is CCc1noc(CN(C)C(=O)c2nn(-c3ccc(F)cc3)cc2Br)n1. The van der Waals surface area contributed by atoms with Crippen LogP contribution in [0.3, 0.4) is 0 Å². The molecule has 0 fully saturated rings. The van der Waals surface area contributed by atoms with Crippen LogP contribution in [0.25, 0.3) is 5.69 Å². The van der Waals surface area contributed by atoms with Gasteiger partial charge in [-0.2, -0.15) is 10.1 Å². The van der Waals surface area contributed by atoms with Crippen LogP contribution in [-0.2, 0) is 13.0 Å². The number of rotatable bonds is 5. The number of hydrogen-bond acceptors (Lipinski definition) is 5. The van der Waals surface area contributed by atoms with Crippen molar-refractivity contribution in [3.63, 3.8) is 0 Å². The summed E-state index contributed by atoms with van der Waals surface area (Å²) in [6, 6.07) is 5.83. The molecule has 0 radical (unpaired) electrons. The largest absolute Gasteiger partial charge is 0.337 e. The Bertz CT molecular complexity index is 890. The molecule has 9 heteroatoms. The Kier molecular flexibility index (Phi) is 4.93. The van der Waals surface area contributed by atoms with Crippen LogP contribution < -0.4 is 0 Å². The first-order chi connectivity index (χ1) is 12.0. The molecular formula is C16H15BrFN5O2. The number of carbonyl (C=O) groups is 1. The Morgan fingerprint density at radius 2 is 2.08 bits per heavy atom. The van der Waals surface area contributed by atoms with Crippen LogP contribution in [0.15, 0.2) is 39.5 Å². The number of aromatic nitrogens is 4. The first kappa shape index (κ1) is 17.3. The highest BCUT2D eigenvalue weighted by Crippen LogP contribution is 2.20. The molecule has 130 valence electrons. The summed E-state index contributed by atoms with van der Waals surface area (Å²) in [4.78, 5) is 18.2. The minimum Gasteiger partial charge on any atom is -0.337 e. The molecule has 1 aromatic carbocycles. The molecule has 0 aliphatic rings. The molecule has 0 spiro atoms. The zero-order valence-electron chi connectivity index (χ0n) is 13.6. The molecule has 0 saturated carbocycles. The molecule has 3 aromatic rings. The number of benzene rings is 1. The second-order valence-electron chi connectivity index (χ2n) is 5.37. The highest BCUT2D eigenvalue weighted by atomic mass is 79.9. The van der Waals surface area contributed by atoms with Gasteiger partial charge in [-0.3, -0.25) is 4.79 Å². The monoisotopic (exact) mass is 407 g/mol. The summed E-state index contributed by atoms with van der Waals surface area (Å²) in [5, 5.41) is 8.09. The van der Waals surface area contributed by atoms with E-state index in [4.69, 9.17) is 4.52 Å². The van der Waals surface area contributed by atoms with Gasteiger partial charge in [-0.1, -0.05) is 12.1 Å². The van der Waals surface area contributed by atoms with Crippen LogP contribution in [0.1, 0.15) is 29.1 Å². The zero-order valence-corrected chi connectivity index (χ0v) is 15.2. The van der Waals surface area contributed by atoms with E-state index in [1.165, 1.54) is 21.7 Å². The van der Waals surface area contributed by atoms with E-state index < -0.39 is 0 Å². The minimum absolute atomic E-state index is 0.182. The highest BCUT2D eigenvalue weighted by molar-refractivity contribution is 9.10. The average molecular weight is 408 g/mol. The third kappa shape index (κ3) is 3.76. The van der Waals surface area contributed by atoms with E-state index in [1.807, 2.05) is 6.92 Å². The predicted molar refractivity (Wildman–Crippen MR) is 90.7 cm³/mol. The fraction of sp³-hybridized carbons (Fsp3) is 0.250. The van der Waals surface area contributed by atoms with Gasteiger partial charge in [0.1, 0.15) is 12.4 Å². The van der Waals surface area contributed by atoms with Crippen molar-refractivity contribution in [3.8, 4) is 5.69 Å². The van der Waals surface area contributed by atoms with Crippen LogP contribution in [0, 0.1) is 5.82 Å². The molecule has 0 bridgehead atoms. The van der Waals surface area contributed by atoms with Gasteiger partial charge in [0.05, 0.1) is 10.2 Å². The van der Waals surface area contributed by atoms with Crippen molar-refractivity contribution in [2.24, 2.45) is 0 Å². The molecule has 0 unspecified atom stereocenters. The maximum Gasteiger partial charge on any atom is 0.275 e. The summed E-state index contributed by atoms with van der Waals surface area (Å²) in [7, 11) is 1.63. The molecule has 0 aliphatic heterocycles. The zero-order chi connectivity index (χ0) is 18.0.